The monoisotopic (exact) mass is 255 g/mol. The molecule has 0 heterocycles. The summed E-state index contributed by atoms with van der Waals surface area (Å²) in [5, 5.41) is 3.38. The Balaban J connectivity index is 1.70. The molecular formula is C14H19F2NO. The lowest BCUT2D eigenvalue weighted by Crippen LogP contribution is -2.34. The number of hydrogen-bond donors (Lipinski definition) is 1. The van der Waals surface area contributed by atoms with Crippen LogP contribution in [0.15, 0.2) is 18.2 Å². The minimum Gasteiger partial charge on any atom is -0.489 e. The first-order chi connectivity index (χ1) is 8.77. The molecule has 0 aliphatic heterocycles. The van der Waals surface area contributed by atoms with Gasteiger partial charge in [0.2, 0.25) is 5.82 Å². The number of rotatable bonds is 5. The second kappa shape index (κ2) is 6.69. The number of benzene rings is 1. The van der Waals surface area contributed by atoms with E-state index >= 15 is 0 Å². The van der Waals surface area contributed by atoms with Gasteiger partial charge in [-0.05, 0) is 25.0 Å². The second-order valence-corrected chi connectivity index (χ2v) is 4.69. The zero-order valence-corrected chi connectivity index (χ0v) is 10.4. The van der Waals surface area contributed by atoms with Crippen molar-refractivity contribution in [3.63, 3.8) is 0 Å². The predicted octanol–water partition coefficient (Wildman–Crippen LogP) is 3.27. The lowest BCUT2D eigenvalue weighted by molar-refractivity contribution is 0.275. The molecule has 0 radical (unpaired) electrons. The van der Waals surface area contributed by atoms with Gasteiger partial charge < -0.3 is 10.1 Å². The smallest absolute Gasteiger partial charge is 0.200 e. The highest BCUT2D eigenvalue weighted by Crippen LogP contribution is 2.19. The molecule has 0 aromatic heterocycles. The SMILES string of the molecule is Fc1cccc(OCCNC2CCCCC2)c1F. The van der Waals surface area contributed by atoms with Crippen molar-refractivity contribution in [1.82, 2.24) is 5.32 Å². The van der Waals surface area contributed by atoms with Crippen molar-refractivity contribution >= 4 is 0 Å². The van der Waals surface area contributed by atoms with Crippen LogP contribution in [-0.4, -0.2) is 19.2 Å². The van der Waals surface area contributed by atoms with Crippen LogP contribution in [0.2, 0.25) is 0 Å². The van der Waals surface area contributed by atoms with Crippen molar-refractivity contribution in [2.24, 2.45) is 0 Å². The van der Waals surface area contributed by atoms with Crippen LogP contribution in [0.5, 0.6) is 5.75 Å². The van der Waals surface area contributed by atoms with Crippen molar-refractivity contribution in [2.45, 2.75) is 38.1 Å². The third-order valence-electron chi connectivity index (χ3n) is 3.31. The van der Waals surface area contributed by atoms with Crippen LogP contribution in [0.1, 0.15) is 32.1 Å². The number of ether oxygens (including phenoxy) is 1. The molecule has 1 aromatic carbocycles. The van der Waals surface area contributed by atoms with E-state index in [9.17, 15) is 8.78 Å². The molecule has 2 rings (SSSR count). The molecular weight excluding hydrogens is 236 g/mol. The average Bonchev–Trinajstić information content (AvgIpc) is 2.40. The van der Waals surface area contributed by atoms with E-state index in [2.05, 4.69) is 5.32 Å². The highest BCUT2D eigenvalue weighted by molar-refractivity contribution is 5.24. The lowest BCUT2D eigenvalue weighted by Gasteiger charge is -2.22. The summed E-state index contributed by atoms with van der Waals surface area (Å²) < 4.78 is 31.4. The molecule has 1 fully saturated rings. The molecule has 0 unspecified atom stereocenters. The number of hydrogen-bond acceptors (Lipinski definition) is 2. The fraction of sp³-hybridized carbons (Fsp3) is 0.571. The molecule has 2 nitrogen and oxygen atoms in total. The lowest BCUT2D eigenvalue weighted by atomic mass is 9.96. The van der Waals surface area contributed by atoms with E-state index in [0.717, 1.165) is 6.07 Å². The zero-order valence-electron chi connectivity index (χ0n) is 10.4. The van der Waals surface area contributed by atoms with E-state index in [0.29, 0.717) is 19.2 Å². The first-order valence-corrected chi connectivity index (χ1v) is 6.57. The van der Waals surface area contributed by atoms with Gasteiger partial charge in [-0.15, -0.1) is 0 Å². The minimum atomic E-state index is -0.907. The van der Waals surface area contributed by atoms with Gasteiger partial charge in [0.25, 0.3) is 0 Å². The van der Waals surface area contributed by atoms with E-state index in [1.807, 2.05) is 0 Å². The van der Waals surface area contributed by atoms with Gasteiger partial charge in [0.05, 0.1) is 0 Å². The van der Waals surface area contributed by atoms with Crippen molar-refractivity contribution in [2.75, 3.05) is 13.2 Å². The maximum Gasteiger partial charge on any atom is 0.200 e. The normalized spacial score (nSPS) is 16.8. The maximum absolute atomic E-state index is 13.3. The third kappa shape index (κ3) is 3.67. The van der Waals surface area contributed by atoms with Gasteiger partial charge in [0, 0.05) is 12.6 Å². The Morgan fingerprint density at radius 3 is 2.72 bits per heavy atom. The van der Waals surface area contributed by atoms with Crippen LogP contribution in [0.4, 0.5) is 8.78 Å². The molecule has 0 saturated heterocycles. The minimum absolute atomic E-state index is 0.0135. The van der Waals surface area contributed by atoms with Gasteiger partial charge in [-0.1, -0.05) is 25.3 Å². The first-order valence-electron chi connectivity index (χ1n) is 6.57. The summed E-state index contributed by atoms with van der Waals surface area (Å²) in [6.45, 7) is 1.03. The standard InChI is InChI=1S/C14H19F2NO/c15-12-7-4-8-13(14(12)16)18-10-9-17-11-5-2-1-3-6-11/h4,7-8,11,17H,1-3,5-6,9-10H2. The number of halogens is 2. The first kappa shape index (κ1) is 13.3. The fourth-order valence-corrected chi connectivity index (χ4v) is 2.33. The van der Waals surface area contributed by atoms with Gasteiger partial charge in [-0.2, -0.15) is 4.39 Å². The van der Waals surface area contributed by atoms with Crippen molar-refractivity contribution < 1.29 is 13.5 Å². The Morgan fingerprint density at radius 2 is 1.94 bits per heavy atom. The average molecular weight is 255 g/mol. The summed E-state index contributed by atoms with van der Waals surface area (Å²) in [6, 6.07) is 4.53. The number of nitrogens with one attached hydrogen (secondary N) is 1. The molecule has 1 saturated carbocycles. The van der Waals surface area contributed by atoms with Gasteiger partial charge >= 0.3 is 0 Å². The Bertz CT molecular complexity index is 378. The predicted molar refractivity (Wildman–Crippen MR) is 66.7 cm³/mol. The van der Waals surface area contributed by atoms with Gasteiger partial charge in [-0.25, -0.2) is 4.39 Å². The van der Waals surface area contributed by atoms with Gasteiger partial charge in [0.1, 0.15) is 6.61 Å². The molecule has 0 bridgehead atoms. The summed E-state index contributed by atoms with van der Waals surface area (Å²) in [5.41, 5.74) is 0. The highest BCUT2D eigenvalue weighted by Gasteiger charge is 2.12. The Kier molecular flexibility index (Phi) is 4.93. The maximum atomic E-state index is 13.3. The molecule has 0 amide bonds. The molecule has 4 heteroatoms. The molecule has 1 N–H and O–H groups in total. The van der Waals surface area contributed by atoms with E-state index in [-0.39, 0.29) is 5.75 Å². The van der Waals surface area contributed by atoms with Gasteiger partial charge in [0.15, 0.2) is 11.6 Å². The van der Waals surface area contributed by atoms with Crippen LogP contribution in [0.3, 0.4) is 0 Å². The molecule has 0 atom stereocenters. The molecule has 18 heavy (non-hydrogen) atoms. The summed E-state index contributed by atoms with van der Waals surface area (Å²) in [5.74, 6) is -1.79. The second-order valence-electron chi connectivity index (χ2n) is 4.69. The van der Waals surface area contributed by atoms with E-state index in [4.69, 9.17) is 4.74 Å². The Morgan fingerprint density at radius 1 is 1.17 bits per heavy atom. The molecule has 1 aliphatic rings. The van der Waals surface area contributed by atoms with Crippen molar-refractivity contribution in [1.29, 1.82) is 0 Å². The van der Waals surface area contributed by atoms with Crippen LogP contribution in [-0.2, 0) is 0 Å². The molecule has 1 aliphatic carbocycles. The Hall–Kier alpha value is -1.16. The quantitative estimate of drug-likeness (QED) is 0.815. The van der Waals surface area contributed by atoms with Crippen LogP contribution >= 0.6 is 0 Å². The third-order valence-corrected chi connectivity index (χ3v) is 3.31. The zero-order chi connectivity index (χ0) is 12.8. The van der Waals surface area contributed by atoms with Crippen LogP contribution in [0.25, 0.3) is 0 Å². The summed E-state index contributed by atoms with van der Waals surface area (Å²) in [4.78, 5) is 0. The van der Waals surface area contributed by atoms with Crippen molar-refractivity contribution in [3.05, 3.63) is 29.8 Å². The molecule has 0 spiro atoms. The van der Waals surface area contributed by atoms with E-state index in [1.54, 1.807) is 0 Å². The summed E-state index contributed by atoms with van der Waals surface area (Å²) >= 11 is 0. The van der Waals surface area contributed by atoms with Crippen LogP contribution in [0, 0.1) is 11.6 Å². The summed E-state index contributed by atoms with van der Waals surface area (Å²) in [7, 11) is 0. The van der Waals surface area contributed by atoms with Crippen LogP contribution < -0.4 is 10.1 Å². The summed E-state index contributed by atoms with van der Waals surface area (Å²) in [6.07, 6.45) is 6.28. The topological polar surface area (TPSA) is 21.3 Å². The largest absolute Gasteiger partial charge is 0.489 e. The Labute approximate surface area is 106 Å². The fourth-order valence-electron chi connectivity index (χ4n) is 2.33. The molecule has 1 aromatic rings. The highest BCUT2D eigenvalue weighted by atomic mass is 19.2. The molecule has 100 valence electrons. The van der Waals surface area contributed by atoms with Crippen molar-refractivity contribution in [3.8, 4) is 5.75 Å². The van der Waals surface area contributed by atoms with E-state index in [1.165, 1.54) is 44.2 Å². The van der Waals surface area contributed by atoms with E-state index < -0.39 is 11.6 Å². The van der Waals surface area contributed by atoms with Gasteiger partial charge in [-0.3, -0.25) is 0 Å².